The van der Waals surface area contributed by atoms with Crippen molar-refractivity contribution < 1.29 is 9.47 Å². The second-order valence-electron chi connectivity index (χ2n) is 4.29. The standard InChI is InChI=1S/C15H18O2/c1-2-7-14-15(10-6-11-16-14)17-12-13-8-4-3-5-9-13/h1,3-5,8-9,14-15H,6-7,10-12H2/t14-,15+/m1/s1. The third-order valence-corrected chi connectivity index (χ3v) is 3.01. The molecule has 1 aromatic rings. The zero-order valence-corrected chi connectivity index (χ0v) is 9.97. The lowest BCUT2D eigenvalue weighted by atomic mass is 10.0. The molecule has 2 nitrogen and oxygen atoms in total. The maximum Gasteiger partial charge on any atom is 0.0945 e. The summed E-state index contributed by atoms with van der Waals surface area (Å²) in [6, 6.07) is 10.2. The van der Waals surface area contributed by atoms with E-state index in [1.807, 2.05) is 18.2 Å². The van der Waals surface area contributed by atoms with Gasteiger partial charge >= 0.3 is 0 Å². The van der Waals surface area contributed by atoms with E-state index < -0.39 is 0 Å². The van der Waals surface area contributed by atoms with Crippen molar-refractivity contribution in [3.8, 4) is 12.3 Å². The van der Waals surface area contributed by atoms with Gasteiger partial charge in [-0.05, 0) is 18.4 Å². The third-order valence-electron chi connectivity index (χ3n) is 3.01. The summed E-state index contributed by atoms with van der Waals surface area (Å²) in [5.74, 6) is 2.66. The maximum absolute atomic E-state index is 5.91. The molecule has 0 spiro atoms. The van der Waals surface area contributed by atoms with E-state index in [-0.39, 0.29) is 12.2 Å². The minimum absolute atomic E-state index is 0.0671. The SMILES string of the molecule is C#CC[C@H]1OCCC[C@@H]1OCc1ccccc1. The highest BCUT2D eigenvalue weighted by atomic mass is 16.5. The van der Waals surface area contributed by atoms with Crippen molar-refractivity contribution in [2.75, 3.05) is 6.61 Å². The molecule has 0 radical (unpaired) electrons. The minimum Gasteiger partial charge on any atom is -0.375 e. The highest BCUT2D eigenvalue weighted by Gasteiger charge is 2.25. The Morgan fingerprint density at radius 3 is 2.94 bits per heavy atom. The van der Waals surface area contributed by atoms with Crippen molar-refractivity contribution in [1.82, 2.24) is 0 Å². The predicted octanol–water partition coefficient (Wildman–Crippen LogP) is 2.77. The van der Waals surface area contributed by atoms with E-state index in [0.29, 0.717) is 13.0 Å². The van der Waals surface area contributed by atoms with E-state index >= 15 is 0 Å². The number of benzene rings is 1. The monoisotopic (exact) mass is 230 g/mol. The van der Waals surface area contributed by atoms with E-state index in [4.69, 9.17) is 15.9 Å². The molecule has 2 rings (SSSR count). The van der Waals surface area contributed by atoms with Crippen molar-refractivity contribution in [3.63, 3.8) is 0 Å². The Morgan fingerprint density at radius 1 is 1.35 bits per heavy atom. The molecule has 1 fully saturated rings. The van der Waals surface area contributed by atoms with Gasteiger partial charge in [0.2, 0.25) is 0 Å². The first-order valence-corrected chi connectivity index (χ1v) is 6.11. The molecule has 1 aliphatic heterocycles. The fraction of sp³-hybridized carbons (Fsp3) is 0.467. The van der Waals surface area contributed by atoms with E-state index in [0.717, 1.165) is 19.4 Å². The van der Waals surface area contributed by atoms with Crippen LogP contribution in [0.25, 0.3) is 0 Å². The number of ether oxygens (including phenoxy) is 2. The topological polar surface area (TPSA) is 18.5 Å². The minimum atomic E-state index is 0.0671. The van der Waals surface area contributed by atoms with E-state index in [9.17, 15) is 0 Å². The van der Waals surface area contributed by atoms with Crippen LogP contribution in [-0.4, -0.2) is 18.8 Å². The van der Waals surface area contributed by atoms with Gasteiger partial charge in [-0.15, -0.1) is 12.3 Å². The van der Waals surface area contributed by atoms with Gasteiger partial charge in [-0.25, -0.2) is 0 Å². The molecule has 0 aromatic heterocycles. The van der Waals surface area contributed by atoms with Crippen LogP contribution in [0.4, 0.5) is 0 Å². The van der Waals surface area contributed by atoms with Crippen LogP contribution in [0.1, 0.15) is 24.8 Å². The van der Waals surface area contributed by atoms with Crippen molar-refractivity contribution >= 4 is 0 Å². The normalized spacial score (nSPS) is 24.2. The van der Waals surface area contributed by atoms with Crippen LogP contribution in [-0.2, 0) is 16.1 Å². The molecule has 1 saturated heterocycles. The molecule has 2 atom stereocenters. The highest BCUT2D eigenvalue weighted by molar-refractivity contribution is 5.13. The van der Waals surface area contributed by atoms with E-state index in [1.54, 1.807) is 0 Å². The summed E-state index contributed by atoms with van der Waals surface area (Å²) in [5, 5.41) is 0. The van der Waals surface area contributed by atoms with Crippen LogP contribution >= 0.6 is 0 Å². The Balaban J connectivity index is 1.86. The molecular weight excluding hydrogens is 212 g/mol. The average Bonchev–Trinajstić information content (AvgIpc) is 2.39. The first-order chi connectivity index (χ1) is 8.40. The van der Waals surface area contributed by atoms with Gasteiger partial charge in [-0.3, -0.25) is 0 Å². The Hall–Kier alpha value is -1.30. The zero-order valence-electron chi connectivity index (χ0n) is 9.97. The van der Waals surface area contributed by atoms with Crippen LogP contribution in [0, 0.1) is 12.3 Å². The number of terminal acetylenes is 1. The third kappa shape index (κ3) is 3.59. The second kappa shape index (κ2) is 6.44. The van der Waals surface area contributed by atoms with Gasteiger partial charge in [0.25, 0.3) is 0 Å². The lowest BCUT2D eigenvalue weighted by Gasteiger charge is -2.30. The summed E-state index contributed by atoms with van der Waals surface area (Å²) in [4.78, 5) is 0. The summed E-state index contributed by atoms with van der Waals surface area (Å²) in [6.45, 7) is 1.44. The van der Waals surface area contributed by atoms with Crippen LogP contribution in [0.2, 0.25) is 0 Å². The first kappa shape index (κ1) is 12.2. The lowest BCUT2D eigenvalue weighted by Crippen LogP contribution is -2.35. The van der Waals surface area contributed by atoms with Gasteiger partial charge in [-0.2, -0.15) is 0 Å². The molecular formula is C15H18O2. The Labute approximate surface area is 103 Å². The smallest absolute Gasteiger partial charge is 0.0945 e. The molecule has 1 aromatic carbocycles. The van der Waals surface area contributed by atoms with Crippen molar-refractivity contribution in [1.29, 1.82) is 0 Å². The summed E-state index contributed by atoms with van der Waals surface area (Å²) in [5.41, 5.74) is 1.19. The van der Waals surface area contributed by atoms with Gasteiger partial charge < -0.3 is 9.47 Å². The molecule has 90 valence electrons. The van der Waals surface area contributed by atoms with E-state index in [2.05, 4.69) is 18.1 Å². The molecule has 0 amide bonds. The second-order valence-corrected chi connectivity index (χ2v) is 4.29. The van der Waals surface area contributed by atoms with Crippen LogP contribution in [0.5, 0.6) is 0 Å². The Kier molecular flexibility index (Phi) is 4.61. The number of hydrogen-bond acceptors (Lipinski definition) is 2. The van der Waals surface area contributed by atoms with Gasteiger partial charge in [0.15, 0.2) is 0 Å². The number of rotatable bonds is 4. The molecule has 0 aliphatic carbocycles. The molecule has 0 saturated carbocycles. The van der Waals surface area contributed by atoms with Gasteiger partial charge in [0.05, 0.1) is 18.8 Å². The summed E-state index contributed by atoms with van der Waals surface area (Å²) in [7, 11) is 0. The van der Waals surface area contributed by atoms with Crippen molar-refractivity contribution in [2.24, 2.45) is 0 Å². The van der Waals surface area contributed by atoms with Crippen LogP contribution in [0.15, 0.2) is 30.3 Å². The molecule has 17 heavy (non-hydrogen) atoms. The molecule has 0 N–H and O–H groups in total. The highest BCUT2D eigenvalue weighted by Crippen LogP contribution is 2.20. The van der Waals surface area contributed by atoms with Gasteiger partial charge in [-0.1, -0.05) is 30.3 Å². The largest absolute Gasteiger partial charge is 0.375 e. The maximum atomic E-state index is 5.91. The molecule has 0 unspecified atom stereocenters. The quantitative estimate of drug-likeness (QED) is 0.740. The summed E-state index contributed by atoms with van der Waals surface area (Å²) >= 11 is 0. The molecule has 2 heteroatoms. The first-order valence-electron chi connectivity index (χ1n) is 6.11. The van der Waals surface area contributed by atoms with Gasteiger partial charge in [0, 0.05) is 13.0 Å². The predicted molar refractivity (Wildman–Crippen MR) is 67.4 cm³/mol. The molecule has 1 aliphatic rings. The van der Waals surface area contributed by atoms with Crippen molar-refractivity contribution in [3.05, 3.63) is 35.9 Å². The van der Waals surface area contributed by atoms with Crippen molar-refractivity contribution in [2.45, 2.75) is 38.1 Å². The zero-order chi connectivity index (χ0) is 11.9. The van der Waals surface area contributed by atoms with Gasteiger partial charge in [0.1, 0.15) is 0 Å². The number of hydrogen-bond donors (Lipinski definition) is 0. The Bertz CT molecular complexity index is 366. The summed E-state index contributed by atoms with van der Waals surface area (Å²) in [6.07, 6.45) is 8.28. The van der Waals surface area contributed by atoms with Crippen LogP contribution < -0.4 is 0 Å². The fourth-order valence-corrected chi connectivity index (χ4v) is 2.09. The molecule has 0 bridgehead atoms. The molecule has 1 heterocycles. The summed E-state index contributed by atoms with van der Waals surface area (Å²) < 4.78 is 11.6. The van der Waals surface area contributed by atoms with E-state index in [1.165, 1.54) is 5.56 Å². The lowest BCUT2D eigenvalue weighted by molar-refractivity contribution is -0.108. The van der Waals surface area contributed by atoms with Crippen LogP contribution in [0.3, 0.4) is 0 Å². The Morgan fingerprint density at radius 2 is 2.18 bits per heavy atom. The average molecular weight is 230 g/mol. The fourth-order valence-electron chi connectivity index (χ4n) is 2.09.